The fourth-order valence-electron chi connectivity index (χ4n) is 3.37. The molecule has 1 aliphatic heterocycles. The smallest absolute Gasteiger partial charge is 0.374 e. The number of ether oxygens (including phenoxy) is 1. The molecule has 3 rings (SSSR count). The number of amides is 1. The van der Waals surface area contributed by atoms with E-state index in [2.05, 4.69) is 0 Å². The van der Waals surface area contributed by atoms with Gasteiger partial charge in [-0.15, -0.1) is 0 Å². The van der Waals surface area contributed by atoms with Crippen LogP contribution in [0, 0.1) is 6.92 Å². The molecule has 4 N–H and O–H groups in total. The zero-order valence-electron chi connectivity index (χ0n) is 15.0. The second kappa shape index (κ2) is 6.25. The molecule has 7 nitrogen and oxygen atoms in total. The summed E-state index contributed by atoms with van der Waals surface area (Å²) in [6.07, 6.45) is 1.59. The van der Waals surface area contributed by atoms with Gasteiger partial charge in [-0.1, -0.05) is 12.1 Å². The van der Waals surface area contributed by atoms with Gasteiger partial charge in [-0.25, -0.2) is 4.79 Å². The first kappa shape index (κ1) is 18.1. The number of carbonyl (C=O) groups excluding carboxylic acids is 1. The van der Waals surface area contributed by atoms with Crippen LogP contribution in [0.15, 0.2) is 24.4 Å². The van der Waals surface area contributed by atoms with Crippen LogP contribution in [0.1, 0.15) is 37.6 Å². The Labute approximate surface area is 151 Å². The molecule has 138 valence electrons. The number of carboxylic acid groups (broad SMARTS) is 1. The van der Waals surface area contributed by atoms with Gasteiger partial charge in [-0.2, -0.15) is 4.57 Å². The van der Waals surface area contributed by atoms with Crippen LogP contribution in [0.25, 0.3) is 10.8 Å². The Morgan fingerprint density at radius 1 is 1.42 bits per heavy atom. The molecule has 1 aromatic heterocycles. The predicted octanol–water partition coefficient (Wildman–Crippen LogP) is 1.01. The van der Waals surface area contributed by atoms with Gasteiger partial charge >= 0.3 is 5.97 Å². The van der Waals surface area contributed by atoms with E-state index in [4.69, 9.17) is 10.5 Å². The number of aromatic nitrogens is 1. The number of carbonyl (C=O) groups is 2. The lowest BCUT2D eigenvalue weighted by Gasteiger charge is -2.24. The van der Waals surface area contributed by atoms with E-state index in [1.54, 1.807) is 27.0 Å². The van der Waals surface area contributed by atoms with E-state index in [0.29, 0.717) is 17.9 Å². The van der Waals surface area contributed by atoms with Crippen molar-refractivity contribution in [3.05, 3.63) is 35.7 Å². The third-order valence-corrected chi connectivity index (χ3v) is 4.82. The molecular formula is C19H23N2O5+. The van der Waals surface area contributed by atoms with Crippen LogP contribution in [0.4, 0.5) is 0 Å². The summed E-state index contributed by atoms with van der Waals surface area (Å²) in [6, 6.07) is 4.68. The number of aliphatic hydroxyl groups is 1. The van der Waals surface area contributed by atoms with Crippen LogP contribution in [-0.2, 0) is 16.0 Å². The van der Waals surface area contributed by atoms with Crippen LogP contribution < -0.4 is 15.0 Å². The van der Waals surface area contributed by atoms with E-state index in [1.807, 2.05) is 18.2 Å². The van der Waals surface area contributed by atoms with Crippen molar-refractivity contribution in [1.29, 1.82) is 0 Å². The summed E-state index contributed by atoms with van der Waals surface area (Å²) >= 11 is 0. The summed E-state index contributed by atoms with van der Waals surface area (Å²) in [5, 5.41) is 21.4. The lowest BCUT2D eigenvalue weighted by Crippen LogP contribution is -2.48. The standard InChI is InChI=1S/C19H22N2O5/c1-10-6-11-4-5-12-7-15(19(2,3)25)26-17(12)13(11)9-21(10)14(18(23)24)8-16(20)22/h4-6,9,14-15,25H,7-8H2,1-3H3,(H2-,20,22,23,24)/p+1. The minimum atomic E-state index is -1.13. The molecule has 2 atom stereocenters. The number of nitrogens with zero attached hydrogens (tertiary/aromatic N) is 1. The number of benzene rings is 1. The molecule has 2 aromatic rings. The van der Waals surface area contributed by atoms with Gasteiger partial charge in [0, 0.05) is 19.4 Å². The SMILES string of the molecule is Cc1cc2ccc3c(c2c[n+]1C(CC(N)=O)C(=O)O)OC(C(C)(C)O)C3. The van der Waals surface area contributed by atoms with Crippen molar-refractivity contribution in [3.63, 3.8) is 0 Å². The first-order valence-electron chi connectivity index (χ1n) is 8.45. The molecule has 0 bridgehead atoms. The fraction of sp³-hybridized carbons (Fsp3) is 0.421. The lowest BCUT2D eigenvalue weighted by molar-refractivity contribution is -0.714. The molecule has 7 heteroatoms. The second-order valence-electron chi connectivity index (χ2n) is 7.37. The van der Waals surface area contributed by atoms with E-state index >= 15 is 0 Å². The summed E-state index contributed by atoms with van der Waals surface area (Å²) in [7, 11) is 0. The van der Waals surface area contributed by atoms with Crippen LogP contribution >= 0.6 is 0 Å². The number of rotatable bonds is 5. The number of nitrogens with two attached hydrogens (primary N) is 1. The minimum Gasteiger partial charge on any atom is -0.486 e. The number of pyridine rings is 1. The lowest BCUT2D eigenvalue weighted by atomic mass is 9.96. The number of carboxylic acids is 1. The summed E-state index contributed by atoms with van der Waals surface area (Å²) in [4.78, 5) is 22.9. The van der Waals surface area contributed by atoms with Gasteiger partial charge < -0.3 is 20.7 Å². The van der Waals surface area contributed by atoms with Gasteiger partial charge in [0.05, 0.1) is 17.4 Å². The largest absolute Gasteiger partial charge is 0.486 e. The predicted molar refractivity (Wildman–Crippen MR) is 93.8 cm³/mol. The third kappa shape index (κ3) is 3.22. The van der Waals surface area contributed by atoms with Crippen molar-refractivity contribution in [2.24, 2.45) is 5.73 Å². The highest BCUT2D eigenvalue weighted by Gasteiger charge is 2.37. The molecule has 0 spiro atoms. The maximum Gasteiger partial charge on any atom is 0.374 e. The van der Waals surface area contributed by atoms with E-state index in [0.717, 1.165) is 16.3 Å². The van der Waals surface area contributed by atoms with Gasteiger partial charge in [0.1, 0.15) is 11.9 Å². The Bertz CT molecular complexity index is 901. The highest BCUT2D eigenvalue weighted by Crippen LogP contribution is 2.38. The van der Waals surface area contributed by atoms with Gasteiger partial charge in [-0.05, 0) is 24.8 Å². The van der Waals surface area contributed by atoms with Crippen LogP contribution in [0.5, 0.6) is 5.75 Å². The van der Waals surface area contributed by atoms with Gasteiger partial charge in [0.25, 0.3) is 6.04 Å². The maximum absolute atomic E-state index is 11.6. The first-order valence-corrected chi connectivity index (χ1v) is 8.45. The van der Waals surface area contributed by atoms with E-state index in [9.17, 15) is 19.8 Å². The number of primary amides is 1. The van der Waals surface area contributed by atoms with Crippen molar-refractivity contribution in [1.82, 2.24) is 0 Å². The van der Waals surface area contributed by atoms with Crippen LogP contribution in [0.2, 0.25) is 0 Å². The Kier molecular flexibility index (Phi) is 4.36. The van der Waals surface area contributed by atoms with Crippen molar-refractivity contribution < 1.29 is 29.1 Å². The molecule has 0 fully saturated rings. The summed E-state index contributed by atoms with van der Waals surface area (Å²) in [5.41, 5.74) is 5.88. The third-order valence-electron chi connectivity index (χ3n) is 4.82. The van der Waals surface area contributed by atoms with Gasteiger partial charge in [0.15, 0.2) is 11.9 Å². The quantitative estimate of drug-likeness (QED) is 0.690. The number of aryl methyl sites for hydroxylation is 1. The van der Waals surface area contributed by atoms with E-state index in [-0.39, 0.29) is 12.5 Å². The maximum atomic E-state index is 11.6. The highest BCUT2D eigenvalue weighted by molar-refractivity contribution is 5.89. The first-order chi connectivity index (χ1) is 12.1. The molecule has 26 heavy (non-hydrogen) atoms. The van der Waals surface area contributed by atoms with Gasteiger partial charge in [0.2, 0.25) is 5.91 Å². The molecule has 0 saturated heterocycles. The molecule has 2 heterocycles. The molecular weight excluding hydrogens is 336 g/mol. The summed E-state index contributed by atoms with van der Waals surface area (Å²) in [6.45, 7) is 5.18. The van der Waals surface area contributed by atoms with E-state index < -0.39 is 23.5 Å². The fourth-order valence-corrected chi connectivity index (χ4v) is 3.37. The summed E-state index contributed by atoms with van der Waals surface area (Å²) < 4.78 is 7.54. The monoisotopic (exact) mass is 359 g/mol. The molecule has 1 aliphatic rings. The Hall–Kier alpha value is -2.67. The second-order valence-corrected chi connectivity index (χ2v) is 7.37. The Morgan fingerprint density at radius 3 is 2.69 bits per heavy atom. The number of hydrogen-bond donors (Lipinski definition) is 3. The average molecular weight is 359 g/mol. The summed E-state index contributed by atoms with van der Waals surface area (Å²) in [5.74, 6) is -1.16. The Morgan fingerprint density at radius 2 is 2.12 bits per heavy atom. The van der Waals surface area contributed by atoms with Crippen molar-refractivity contribution in [2.45, 2.75) is 51.4 Å². The number of aliphatic carboxylic acids is 1. The minimum absolute atomic E-state index is 0.297. The molecule has 1 amide bonds. The number of fused-ring (bicyclic) bond motifs is 3. The molecule has 2 unspecified atom stereocenters. The van der Waals surface area contributed by atoms with E-state index in [1.165, 1.54) is 4.57 Å². The van der Waals surface area contributed by atoms with Crippen molar-refractivity contribution in [3.8, 4) is 5.75 Å². The van der Waals surface area contributed by atoms with Crippen molar-refractivity contribution >= 4 is 22.6 Å². The highest BCUT2D eigenvalue weighted by atomic mass is 16.5. The average Bonchev–Trinajstić information content (AvgIpc) is 2.96. The molecule has 1 aromatic carbocycles. The topological polar surface area (TPSA) is 114 Å². The zero-order valence-corrected chi connectivity index (χ0v) is 15.0. The zero-order chi connectivity index (χ0) is 19.2. The molecule has 0 aliphatic carbocycles. The van der Waals surface area contributed by atoms with Gasteiger partial charge in [-0.3, -0.25) is 4.79 Å². The molecule has 0 saturated carbocycles. The van der Waals surface area contributed by atoms with Crippen LogP contribution in [-0.4, -0.2) is 33.8 Å². The number of hydrogen-bond acceptors (Lipinski definition) is 4. The normalized spacial score (nSPS) is 17.6. The Balaban J connectivity index is 2.13. The molecule has 0 radical (unpaired) electrons. The van der Waals surface area contributed by atoms with Crippen molar-refractivity contribution in [2.75, 3.05) is 0 Å². The van der Waals surface area contributed by atoms with Crippen LogP contribution in [0.3, 0.4) is 0 Å².